The molecule has 3 nitrogen and oxygen atoms in total. The summed E-state index contributed by atoms with van der Waals surface area (Å²) in [4.78, 5) is 8.08. The zero-order chi connectivity index (χ0) is 13.1. The Morgan fingerprint density at radius 2 is 1.78 bits per heavy atom. The van der Waals surface area contributed by atoms with Gasteiger partial charge in [0.15, 0.2) is 0 Å². The lowest BCUT2D eigenvalue weighted by Crippen LogP contribution is -2.08. The van der Waals surface area contributed by atoms with E-state index in [1.807, 2.05) is 19.1 Å². The van der Waals surface area contributed by atoms with Crippen molar-refractivity contribution in [1.82, 2.24) is 9.97 Å². The molecule has 0 saturated carbocycles. The predicted octanol–water partition coefficient (Wildman–Crippen LogP) is 4.61. The monoisotopic (exact) mass is 301 g/mol. The van der Waals surface area contributed by atoms with Crippen LogP contribution in [-0.2, 0) is 0 Å². The number of aromatic nitrogens is 2. The second-order valence-corrected chi connectivity index (χ2v) is 4.91. The molecule has 1 atom stereocenters. The summed E-state index contributed by atoms with van der Waals surface area (Å²) in [6.07, 6.45) is 3.47. The van der Waals surface area contributed by atoms with Gasteiger partial charge in [-0.25, -0.2) is 4.98 Å². The minimum absolute atomic E-state index is 0.0373. The molecule has 0 radical (unpaired) electrons. The van der Waals surface area contributed by atoms with E-state index in [0.717, 1.165) is 5.56 Å². The summed E-state index contributed by atoms with van der Waals surface area (Å²) >= 11 is 17.7. The third-order valence-electron chi connectivity index (χ3n) is 2.45. The number of rotatable bonds is 3. The first kappa shape index (κ1) is 13.4. The van der Waals surface area contributed by atoms with E-state index in [-0.39, 0.29) is 11.2 Å². The fraction of sp³-hybridized carbons (Fsp3) is 0.167. The molecule has 94 valence electrons. The predicted molar refractivity (Wildman–Crippen MR) is 75.5 cm³/mol. The Morgan fingerprint density at radius 3 is 2.44 bits per heavy atom. The second kappa shape index (κ2) is 5.74. The van der Waals surface area contributed by atoms with Crippen molar-refractivity contribution in [3.05, 3.63) is 51.4 Å². The van der Waals surface area contributed by atoms with Crippen molar-refractivity contribution in [3.63, 3.8) is 0 Å². The second-order valence-electron chi connectivity index (χ2n) is 3.74. The summed E-state index contributed by atoms with van der Waals surface area (Å²) in [5.41, 5.74) is 1.08. The third kappa shape index (κ3) is 3.05. The van der Waals surface area contributed by atoms with Gasteiger partial charge < -0.3 is 5.32 Å². The van der Waals surface area contributed by atoms with Crippen molar-refractivity contribution in [1.29, 1.82) is 0 Å². The van der Waals surface area contributed by atoms with Gasteiger partial charge in [-0.2, -0.15) is 0 Å². The molecule has 0 aliphatic heterocycles. The van der Waals surface area contributed by atoms with Crippen molar-refractivity contribution in [2.24, 2.45) is 0 Å². The van der Waals surface area contributed by atoms with E-state index in [4.69, 9.17) is 34.8 Å². The highest BCUT2D eigenvalue weighted by Gasteiger charge is 2.11. The molecule has 1 N–H and O–H groups in total. The Morgan fingerprint density at radius 1 is 1.11 bits per heavy atom. The lowest BCUT2D eigenvalue weighted by molar-refractivity contribution is 0.871. The SMILES string of the molecule is CC(Nc1nc(Cl)c(Cl)cc1Cl)c1ccncc1. The van der Waals surface area contributed by atoms with E-state index in [0.29, 0.717) is 15.9 Å². The van der Waals surface area contributed by atoms with Crippen molar-refractivity contribution in [2.75, 3.05) is 5.32 Å². The number of nitrogens with zero attached hydrogens (tertiary/aromatic N) is 2. The Kier molecular flexibility index (Phi) is 4.27. The van der Waals surface area contributed by atoms with Crippen LogP contribution in [0.4, 0.5) is 5.82 Å². The zero-order valence-corrected chi connectivity index (χ0v) is 11.8. The van der Waals surface area contributed by atoms with Crippen LogP contribution in [0.5, 0.6) is 0 Å². The van der Waals surface area contributed by atoms with Gasteiger partial charge in [-0.1, -0.05) is 34.8 Å². The van der Waals surface area contributed by atoms with Gasteiger partial charge in [-0.15, -0.1) is 0 Å². The Bertz CT molecular complexity index is 546. The Balaban J connectivity index is 2.22. The molecule has 0 aliphatic carbocycles. The normalized spacial score (nSPS) is 12.2. The molecule has 2 heterocycles. The fourth-order valence-electron chi connectivity index (χ4n) is 1.49. The van der Waals surface area contributed by atoms with E-state index in [1.165, 1.54) is 0 Å². The van der Waals surface area contributed by atoms with Crippen LogP contribution in [0.2, 0.25) is 15.2 Å². The zero-order valence-electron chi connectivity index (χ0n) is 9.49. The quantitative estimate of drug-likeness (QED) is 0.841. The van der Waals surface area contributed by atoms with Crippen LogP contribution in [0, 0.1) is 0 Å². The highest BCUT2D eigenvalue weighted by atomic mass is 35.5. The molecule has 0 aliphatic rings. The molecule has 6 heteroatoms. The molecule has 0 fully saturated rings. The molecular weight excluding hydrogens is 293 g/mol. The van der Waals surface area contributed by atoms with Crippen LogP contribution in [-0.4, -0.2) is 9.97 Å². The van der Waals surface area contributed by atoms with Crippen LogP contribution < -0.4 is 5.32 Å². The summed E-state index contributed by atoms with van der Waals surface area (Å²) in [6.45, 7) is 2.00. The molecular formula is C12H10Cl3N3. The van der Waals surface area contributed by atoms with Gasteiger partial charge >= 0.3 is 0 Å². The Hall–Kier alpha value is -1.03. The van der Waals surface area contributed by atoms with Gasteiger partial charge in [0.25, 0.3) is 0 Å². The minimum Gasteiger partial charge on any atom is -0.362 e. The van der Waals surface area contributed by atoms with Gasteiger partial charge in [-0.05, 0) is 30.7 Å². The topological polar surface area (TPSA) is 37.8 Å². The van der Waals surface area contributed by atoms with Gasteiger partial charge in [0, 0.05) is 12.4 Å². The summed E-state index contributed by atoms with van der Waals surface area (Å²) in [7, 11) is 0. The average Bonchev–Trinajstić information content (AvgIpc) is 2.37. The summed E-state index contributed by atoms with van der Waals surface area (Å²) in [5.74, 6) is 0.510. The van der Waals surface area contributed by atoms with E-state index in [9.17, 15) is 0 Å². The highest BCUT2D eigenvalue weighted by molar-refractivity contribution is 6.42. The number of hydrogen-bond donors (Lipinski definition) is 1. The summed E-state index contributed by atoms with van der Waals surface area (Å²) in [6, 6.07) is 5.45. The van der Waals surface area contributed by atoms with Crippen LogP contribution in [0.3, 0.4) is 0 Å². The van der Waals surface area contributed by atoms with Crippen LogP contribution in [0.25, 0.3) is 0 Å². The third-order valence-corrected chi connectivity index (χ3v) is 3.41. The van der Waals surface area contributed by atoms with Crippen LogP contribution in [0.15, 0.2) is 30.6 Å². The summed E-state index contributed by atoms with van der Waals surface area (Å²) < 4.78 is 0. The van der Waals surface area contributed by atoms with Crippen molar-refractivity contribution >= 4 is 40.6 Å². The number of nitrogens with one attached hydrogen (secondary N) is 1. The molecule has 0 aromatic carbocycles. The Labute approximate surface area is 120 Å². The maximum Gasteiger partial charge on any atom is 0.150 e. The summed E-state index contributed by atoms with van der Waals surface area (Å²) in [5, 5.41) is 4.18. The molecule has 0 bridgehead atoms. The highest BCUT2D eigenvalue weighted by Crippen LogP contribution is 2.30. The maximum atomic E-state index is 6.05. The molecule has 0 saturated heterocycles. The van der Waals surface area contributed by atoms with Crippen molar-refractivity contribution < 1.29 is 0 Å². The smallest absolute Gasteiger partial charge is 0.150 e. The number of hydrogen-bond acceptors (Lipinski definition) is 3. The molecule has 1 unspecified atom stereocenters. The molecule has 2 aromatic heterocycles. The first-order valence-corrected chi connectivity index (χ1v) is 6.39. The van der Waals surface area contributed by atoms with Gasteiger partial charge in [0.1, 0.15) is 11.0 Å². The van der Waals surface area contributed by atoms with E-state index < -0.39 is 0 Å². The van der Waals surface area contributed by atoms with Gasteiger partial charge in [0.05, 0.1) is 16.1 Å². The minimum atomic E-state index is 0.0373. The molecule has 2 aromatic rings. The number of pyridine rings is 2. The van der Waals surface area contributed by atoms with Crippen molar-refractivity contribution in [3.8, 4) is 0 Å². The largest absolute Gasteiger partial charge is 0.362 e. The van der Waals surface area contributed by atoms with E-state index in [1.54, 1.807) is 18.5 Å². The molecule has 2 rings (SSSR count). The maximum absolute atomic E-state index is 6.05. The van der Waals surface area contributed by atoms with Gasteiger partial charge in [0.2, 0.25) is 0 Å². The number of anilines is 1. The lowest BCUT2D eigenvalue weighted by Gasteiger charge is -2.16. The van der Waals surface area contributed by atoms with E-state index >= 15 is 0 Å². The fourth-order valence-corrected chi connectivity index (χ4v) is 2.04. The van der Waals surface area contributed by atoms with Crippen molar-refractivity contribution in [2.45, 2.75) is 13.0 Å². The van der Waals surface area contributed by atoms with E-state index in [2.05, 4.69) is 15.3 Å². The van der Waals surface area contributed by atoms with Crippen LogP contribution >= 0.6 is 34.8 Å². The molecule has 18 heavy (non-hydrogen) atoms. The van der Waals surface area contributed by atoms with Gasteiger partial charge in [-0.3, -0.25) is 4.98 Å². The molecule has 0 amide bonds. The average molecular weight is 303 g/mol. The number of halogens is 3. The van der Waals surface area contributed by atoms with Crippen LogP contribution in [0.1, 0.15) is 18.5 Å². The first-order valence-electron chi connectivity index (χ1n) is 5.26. The first-order chi connectivity index (χ1) is 8.58. The standard InChI is InChI=1S/C12H10Cl3N3/c1-7(8-2-4-16-5-3-8)17-12-10(14)6-9(13)11(15)18-12/h2-7H,1H3,(H,17,18). The lowest BCUT2D eigenvalue weighted by atomic mass is 10.1. The molecule has 0 spiro atoms.